The van der Waals surface area contributed by atoms with Crippen LogP contribution in [-0.4, -0.2) is 24.8 Å². The second-order valence-electron chi connectivity index (χ2n) is 4.33. The Morgan fingerprint density at radius 2 is 1.55 bits per heavy atom. The fourth-order valence-electron chi connectivity index (χ4n) is 1.77. The number of nitrogens with one attached hydrogen (secondary N) is 2. The Bertz CT molecular complexity index is 644. The third-order valence-corrected chi connectivity index (χ3v) is 2.80. The molecule has 112 valence electrons. The lowest BCUT2D eigenvalue weighted by atomic mass is 10.2. The van der Waals surface area contributed by atoms with Crippen LogP contribution in [0.25, 0.3) is 0 Å². The van der Waals surface area contributed by atoms with Gasteiger partial charge in [-0.05, 0) is 24.3 Å². The van der Waals surface area contributed by atoms with Gasteiger partial charge in [-0.2, -0.15) is 0 Å². The molecule has 2 aromatic carbocycles. The van der Waals surface area contributed by atoms with E-state index in [1.807, 2.05) is 0 Å². The van der Waals surface area contributed by atoms with Gasteiger partial charge < -0.3 is 10.1 Å². The molecule has 6 heteroatoms. The zero-order chi connectivity index (χ0) is 15.8. The maximum Gasteiger partial charge on any atom is 0.341 e. The number of amides is 3. The predicted molar refractivity (Wildman–Crippen MR) is 82.3 cm³/mol. The lowest BCUT2D eigenvalue weighted by molar-refractivity contribution is -0.107. The van der Waals surface area contributed by atoms with Gasteiger partial charge in [-0.25, -0.2) is 9.80 Å². The summed E-state index contributed by atoms with van der Waals surface area (Å²) >= 11 is 0. The Hall–Kier alpha value is -3.15. The second-order valence-corrected chi connectivity index (χ2v) is 4.33. The van der Waals surface area contributed by atoms with Gasteiger partial charge in [0.2, 0.25) is 0 Å². The van der Waals surface area contributed by atoms with E-state index in [2.05, 4.69) is 10.7 Å². The van der Waals surface area contributed by atoms with Crippen LogP contribution < -0.4 is 15.8 Å². The molecule has 3 amide bonds. The summed E-state index contributed by atoms with van der Waals surface area (Å²) in [6.45, 7) is -0.136. The van der Waals surface area contributed by atoms with Crippen molar-refractivity contribution in [1.29, 1.82) is 0 Å². The molecule has 0 aromatic heterocycles. The minimum atomic E-state index is -0.595. The number of anilines is 1. The number of rotatable bonds is 4. The van der Waals surface area contributed by atoms with E-state index >= 15 is 0 Å². The number of hydrogen-bond acceptors (Lipinski definition) is 3. The van der Waals surface area contributed by atoms with E-state index in [4.69, 9.17) is 0 Å². The van der Waals surface area contributed by atoms with E-state index in [1.165, 1.54) is 0 Å². The van der Waals surface area contributed by atoms with E-state index in [0.29, 0.717) is 17.5 Å². The van der Waals surface area contributed by atoms with E-state index in [9.17, 15) is 14.4 Å². The zero-order valence-corrected chi connectivity index (χ0v) is 11.7. The Morgan fingerprint density at radius 3 is 2.14 bits per heavy atom. The average Bonchev–Trinajstić information content (AvgIpc) is 2.59. The summed E-state index contributed by atoms with van der Waals surface area (Å²) in [6, 6.07) is 16.6. The van der Waals surface area contributed by atoms with Gasteiger partial charge in [0.15, 0.2) is 0 Å². The van der Waals surface area contributed by atoms with Crippen LogP contribution in [0.5, 0.6) is 0 Å². The van der Waals surface area contributed by atoms with E-state index in [1.54, 1.807) is 60.7 Å². The van der Waals surface area contributed by atoms with Crippen LogP contribution in [0.4, 0.5) is 10.5 Å². The molecule has 0 fully saturated rings. The van der Waals surface area contributed by atoms with Crippen molar-refractivity contribution < 1.29 is 14.4 Å². The van der Waals surface area contributed by atoms with E-state index in [-0.39, 0.29) is 6.54 Å². The van der Waals surface area contributed by atoms with Crippen LogP contribution in [-0.2, 0) is 4.79 Å². The highest BCUT2D eigenvalue weighted by atomic mass is 16.2. The van der Waals surface area contributed by atoms with Gasteiger partial charge in [0.25, 0.3) is 5.91 Å². The third kappa shape index (κ3) is 3.92. The molecule has 0 saturated heterocycles. The molecule has 2 N–H and O–H groups in total. The quantitative estimate of drug-likeness (QED) is 0.666. The fraction of sp³-hybridized carbons (Fsp3) is 0.0625. The number of hydrazine groups is 1. The van der Waals surface area contributed by atoms with Crippen molar-refractivity contribution in [3.8, 4) is 0 Å². The molecular formula is C16H15N3O3. The van der Waals surface area contributed by atoms with Crippen molar-refractivity contribution in [1.82, 2.24) is 10.7 Å². The summed E-state index contributed by atoms with van der Waals surface area (Å²) in [5.74, 6) is -0.425. The second kappa shape index (κ2) is 7.58. The highest BCUT2D eigenvalue weighted by Gasteiger charge is 2.18. The Labute approximate surface area is 127 Å². The molecule has 2 aromatic rings. The SMILES string of the molecule is O=CCNC(=O)N(NC(=O)c1ccccc1)c1ccccc1. The zero-order valence-electron chi connectivity index (χ0n) is 11.7. The minimum absolute atomic E-state index is 0.136. The number of urea groups is 1. The fourth-order valence-corrected chi connectivity index (χ4v) is 1.77. The Balaban J connectivity index is 2.19. The maximum atomic E-state index is 12.2. The van der Waals surface area contributed by atoms with E-state index < -0.39 is 11.9 Å². The van der Waals surface area contributed by atoms with Gasteiger partial charge in [0.05, 0.1) is 12.2 Å². The number of carbonyl (C=O) groups is 3. The number of carbonyl (C=O) groups excluding carboxylic acids is 3. The monoisotopic (exact) mass is 297 g/mol. The van der Waals surface area contributed by atoms with Gasteiger partial charge in [-0.15, -0.1) is 0 Å². The average molecular weight is 297 g/mol. The molecule has 0 aliphatic heterocycles. The highest BCUT2D eigenvalue weighted by molar-refractivity contribution is 6.01. The summed E-state index contributed by atoms with van der Waals surface area (Å²) in [7, 11) is 0. The summed E-state index contributed by atoms with van der Waals surface area (Å²) in [5, 5.41) is 3.46. The molecule has 0 atom stereocenters. The molecular weight excluding hydrogens is 282 g/mol. The first-order valence-electron chi connectivity index (χ1n) is 6.65. The lowest BCUT2D eigenvalue weighted by Crippen LogP contribution is -2.51. The van der Waals surface area contributed by atoms with Crippen LogP contribution >= 0.6 is 0 Å². The smallest absolute Gasteiger partial charge is 0.329 e. The summed E-state index contributed by atoms with van der Waals surface area (Å²) < 4.78 is 0. The molecule has 0 unspecified atom stereocenters. The van der Waals surface area contributed by atoms with Gasteiger partial charge >= 0.3 is 6.03 Å². The van der Waals surface area contributed by atoms with Crippen molar-refractivity contribution in [2.45, 2.75) is 0 Å². The number of benzene rings is 2. The molecule has 22 heavy (non-hydrogen) atoms. The maximum absolute atomic E-state index is 12.2. The molecule has 0 saturated carbocycles. The first kappa shape index (κ1) is 15.2. The molecule has 0 bridgehead atoms. The van der Waals surface area contributed by atoms with Crippen molar-refractivity contribution in [3.63, 3.8) is 0 Å². The van der Waals surface area contributed by atoms with Crippen LogP contribution in [0.2, 0.25) is 0 Å². The molecule has 2 rings (SSSR count). The summed E-state index contributed by atoms with van der Waals surface area (Å²) in [5.41, 5.74) is 3.43. The van der Waals surface area contributed by atoms with Gasteiger partial charge in [0, 0.05) is 5.56 Å². The first-order valence-corrected chi connectivity index (χ1v) is 6.65. The third-order valence-electron chi connectivity index (χ3n) is 2.80. The number of nitrogens with zero attached hydrogens (tertiary/aromatic N) is 1. The molecule has 0 radical (unpaired) electrons. The summed E-state index contributed by atoms with van der Waals surface area (Å²) in [6.07, 6.45) is 0.570. The van der Waals surface area contributed by atoms with Gasteiger partial charge in [-0.3, -0.25) is 10.2 Å². The Morgan fingerprint density at radius 1 is 0.955 bits per heavy atom. The molecule has 0 aliphatic carbocycles. The van der Waals surface area contributed by atoms with Gasteiger partial charge in [-0.1, -0.05) is 36.4 Å². The van der Waals surface area contributed by atoms with Crippen molar-refractivity contribution in [2.24, 2.45) is 0 Å². The predicted octanol–water partition coefficient (Wildman–Crippen LogP) is 1.75. The number of aldehydes is 1. The van der Waals surface area contributed by atoms with Crippen molar-refractivity contribution in [3.05, 3.63) is 66.2 Å². The largest absolute Gasteiger partial charge is 0.341 e. The number of hydrogen-bond donors (Lipinski definition) is 2. The molecule has 0 spiro atoms. The molecule has 0 heterocycles. The summed E-state index contributed by atoms with van der Waals surface area (Å²) in [4.78, 5) is 34.7. The minimum Gasteiger partial charge on any atom is -0.329 e. The molecule has 6 nitrogen and oxygen atoms in total. The van der Waals surface area contributed by atoms with Crippen LogP contribution in [0.15, 0.2) is 60.7 Å². The standard InChI is InChI=1S/C16H15N3O3/c20-12-11-17-16(22)19(14-9-5-2-6-10-14)18-15(21)13-7-3-1-4-8-13/h1-10,12H,11H2,(H,17,22)(H,18,21). The van der Waals surface area contributed by atoms with Crippen LogP contribution in [0.3, 0.4) is 0 Å². The normalized spacial score (nSPS) is 9.64. The topological polar surface area (TPSA) is 78.5 Å². The van der Waals surface area contributed by atoms with Crippen LogP contribution in [0, 0.1) is 0 Å². The van der Waals surface area contributed by atoms with Crippen molar-refractivity contribution in [2.75, 3.05) is 11.6 Å². The van der Waals surface area contributed by atoms with E-state index in [0.717, 1.165) is 5.01 Å². The highest BCUT2D eigenvalue weighted by Crippen LogP contribution is 2.11. The van der Waals surface area contributed by atoms with Crippen molar-refractivity contribution >= 4 is 23.9 Å². The molecule has 0 aliphatic rings. The Kier molecular flexibility index (Phi) is 5.25. The first-order chi connectivity index (χ1) is 10.7. The van der Waals surface area contributed by atoms with Crippen LogP contribution in [0.1, 0.15) is 10.4 Å². The van der Waals surface area contributed by atoms with Gasteiger partial charge in [0.1, 0.15) is 6.29 Å². The lowest BCUT2D eigenvalue weighted by Gasteiger charge is -2.23. The number of para-hydroxylation sites is 1.